The van der Waals surface area contributed by atoms with Gasteiger partial charge < -0.3 is 5.73 Å². The van der Waals surface area contributed by atoms with E-state index < -0.39 is 0 Å². The Labute approximate surface area is 79.3 Å². The SMILES string of the molecule is Cc1cc(N)c(C)c2c1CCC=C2. The number of allylic oxidation sites excluding steroid dienone is 1. The number of hydrogen-bond donors (Lipinski definition) is 1. The van der Waals surface area contributed by atoms with Crippen LogP contribution in [0.5, 0.6) is 0 Å². The summed E-state index contributed by atoms with van der Waals surface area (Å²) in [4.78, 5) is 0. The molecular weight excluding hydrogens is 158 g/mol. The molecule has 0 aromatic heterocycles. The number of benzene rings is 1. The molecule has 1 heteroatoms. The number of fused-ring (bicyclic) bond motifs is 1. The van der Waals surface area contributed by atoms with Crippen molar-refractivity contribution in [1.29, 1.82) is 0 Å². The lowest BCUT2D eigenvalue weighted by Gasteiger charge is -2.17. The van der Waals surface area contributed by atoms with E-state index >= 15 is 0 Å². The van der Waals surface area contributed by atoms with Crippen LogP contribution < -0.4 is 5.73 Å². The van der Waals surface area contributed by atoms with Gasteiger partial charge in [-0.25, -0.2) is 0 Å². The lowest BCUT2D eigenvalue weighted by atomic mass is 9.89. The molecule has 2 rings (SSSR count). The van der Waals surface area contributed by atoms with Crippen LogP contribution in [0.3, 0.4) is 0 Å². The van der Waals surface area contributed by atoms with Crippen LogP contribution in [0, 0.1) is 13.8 Å². The minimum Gasteiger partial charge on any atom is -0.398 e. The number of aryl methyl sites for hydroxylation is 1. The van der Waals surface area contributed by atoms with Crippen molar-refractivity contribution in [2.75, 3.05) is 5.73 Å². The average Bonchev–Trinajstić information content (AvgIpc) is 2.15. The van der Waals surface area contributed by atoms with Gasteiger partial charge in [0.1, 0.15) is 0 Å². The normalized spacial score (nSPS) is 14.3. The van der Waals surface area contributed by atoms with Crippen LogP contribution in [-0.4, -0.2) is 0 Å². The Morgan fingerprint density at radius 1 is 1.31 bits per heavy atom. The number of nitrogens with two attached hydrogens (primary N) is 1. The van der Waals surface area contributed by atoms with Crippen molar-refractivity contribution in [3.63, 3.8) is 0 Å². The van der Waals surface area contributed by atoms with Crippen molar-refractivity contribution in [1.82, 2.24) is 0 Å². The molecule has 13 heavy (non-hydrogen) atoms. The third kappa shape index (κ3) is 1.24. The molecule has 0 spiro atoms. The summed E-state index contributed by atoms with van der Waals surface area (Å²) < 4.78 is 0. The van der Waals surface area contributed by atoms with E-state index in [0.717, 1.165) is 12.1 Å². The van der Waals surface area contributed by atoms with Gasteiger partial charge in [-0.3, -0.25) is 0 Å². The van der Waals surface area contributed by atoms with E-state index in [-0.39, 0.29) is 0 Å². The lowest BCUT2D eigenvalue weighted by Crippen LogP contribution is -2.03. The van der Waals surface area contributed by atoms with Gasteiger partial charge in [-0.05, 0) is 55.0 Å². The average molecular weight is 173 g/mol. The molecule has 1 aliphatic carbocycles. The van der Waals surface area contributed by atoms with Gasteiger partial charge in [-0.1, -0.05) is 12.2 Å². The van der Waals surface area contributed by atoms with Gasteiger partial charge in [0.2, 0.25) is 0 Å². The van der Waals surface area contributed by atoms with Crippen molar-refractivity contribution in [3.05, 3.63) is 34.4 Å². The predicted octanol–water partition coefficient (Wildman–Crippen LogP) is 2.85. The maximum atomic E-state index is 5.91. The zero-order valence-electron chi connectivity index (χ0n) is 8.22. The van der Waals surface area contributed by atoms with Gasteiger partial charge in [0, 0.05) is 5.69 Å². The fraction of sp³-hybridized carbons (Fsp3) is 0.333. The van der Waals surface area contributed by atoms with Gasteiger partial charge in [-0.2, -0.15) is 0 Å². The molecule has 0 amide bonds. The lowest BCUT2D eigenvalue weighted by molar-refractivity contribution is 0.967. The molecule has 0 bridgehead atoms. The molecule has 0 saturated carbocycles. The van der Waals surface area contributed by atoms with Crippen LogP contribution in [0.1, 0.15) is 28.7 Å². The molecule has 1 aromatic carbocycles. The molecule has 68 valence electrons. The van der Waals surface area contributed by atoms with Crippen LogP contribution >= 0.6 is 0 Å². The number of rotatable bonds is 0. The molecule has 0 aliphatic heterocycles. The molecule has 0 heterocycles. The van der Waals surface area contributed by atoms with Gasteiger partial charge in [0.25, 0.3) is 0 Å². The first-order valence-electron chi connectivity index (χ1n) is 4.75. The maximum absolute atomic E-state index is 5.91. The highest BCUT2D eigenvalue weighted by atomic mass is 14.6. The first-order valence-corrected chi connectivity index (χ1v) is 4.75. The number of hydrogen-bond acceptors (Lipinski definition) is 1. The second-order valence-corrected chi connectivity index (χ2v) is 3.74. The van der Waals surface area contributed by atoms with E-state index in [1.54, 1.807) is 0 Å². The molecule has 0 unspecified atom stereocenters. The molecule has 0 radical (unpaired) electrons. The van der Waals surface area contributed by atoms with Crippen molar-refractivity contribution in [2.45, 2.75) is 26.7 Å². The number of nitrogen functional groups attached to an aromatic ring is 1. The van der Waals surface area contributed by atoms with E-state index in [4.69, 9.17) is 5.73 Å². The van der Waals surface area contributed by atoms with E-state index in [2.05, 4.69) is 32.1 Å². The summed E-state index contributed by atoms with van der Waals surface area (Å²) in [6.45, 7) is 4.25. The monoisotopic (exact) mass is 173 g/mol. The van der Waals surface area contributed by atoms with Crippen molar-refractivity contribution < 1.29 is 0 Å². The highest BCUT2D eigenvalue weighted by Crippen LogP contribution is 2.29. The molecule has 1 aliphatic rings. The largest absolute Gasteiger partial charge is 0.398 e. The summed E-state index contributed by atoms with van der Waals surface area (Å²) in [5.41, 5.74) is 12.2. The molecule has 1 aromatic rings. The Kier molecular flexibility index (Phi) is 1.87. The second kappa shape index (κ2) is 2.91. The van der Waals surface area contributed by atoms with Crippen molar-refractivity contribution in [3.8, 4) is 0 Å². The van der Waals surface area contributed by atoms with Crippen molar-refractivity contribution in [2.24, 2.45) is 0 Å². The third-order valence-corrected chi connectivity index (χ3v) is 2.86. The number of anilines is 1. The zero-order chi connectivity index (χ0) is 9.42. The van der Waals surface area contributed by atoms with Crippen LogP contribution in [0.15, 0.2) is 12.1 Å². The quantitative estimate of drug-likeness (QED) is 0.600. The Morgan fingerprint density at radius 2 is 2.08 bits per heavy atom. The van der Waals surface area contributed by atoms with Gasteiger partial charge in [0.15, 0.2) is 0 Å². The summed E-state index contributed by atoms with van der Waals surface area (Å²) in [6, 6.07) is 2.09. The highest BCUT2D eigenvalue weighted by molar-refractivity contribution is 5.68. The molecular formula is C12H15N. The molecule has 0 saturated heterocycles. The van der Waals surface area contributed by atoms with Crippen LogP contribution in [0.4, 0.5) is 5.69 Å². The zero-order valence-corrected chi connectivity index (χ0v) is 8.22. The summed E-state index contributed by atoms with van der Waals surface area (Å²) >= 11 is 0. The topological polar surface area (TPSA) is 26.0 Å². The van der Waals surface area contributed by atoms with E-state index in [9.17, 15) is 0 Å². The minimum absolute atomic E-state index is 0.919. The Balaban J connectivity index is 2.72. The summed E-state index contributed by atoms with van der Waals surface area (Å²) in [6.07, 6.45) is 6.77. The maximum Gasteiger partial charge on any atom is 0.0352 e. The second-order valence-electron chi connectivity index (χ2n) is 3.74. The van der Waals surface area contributed by atoms with E-state index in [0.29, 0.717) is 0 Å². The van der Waals surface area contributed by atoms with Crippen molar-refractivity contribution >= 4 is 11.8 Å². The fourth-order valence-electron chi connectivity index (χ4n) is 2.01. The summed E-state index contributed by atoms with van der Waals surface area (Å²) in [5, 5.41) is 0. The molecule has 1 nitrogen and oxygen atoms in total. The molecule has 0 atom stereocenters. The third-order valence-electron chi connectivity index (χ3n) is 2.86. The van der Waals surface area contributed by atoms with E-state index in [1.807, 2.05) is 0 Å². The fourth-order valence-corrected chi connectivity index (χ4v) is 2.01. The molecule has 2 N–H and O–H groups in total. The van der Waals surface area contributed by atoms with Crippen LogP contribution in [0.25, 0.3) is 6.08 Å². The Morgan fingerprint density at radius 3 is 2.85 bits per heavy atom. The van der Waals surface area contributed by atoms with Crippen LogP contribution in [0.2, 0.25) is 0 Å². The molecule has 0 fully saturated rings. The van der Waals surface area contributed by atoms with Gasteiger partial charge in [0.05, 0.1) is 0 Å². The minimum atomic E-state index is 0.919. The first kappa shape index (κ1) is 8.36. The smallest absolute Gasteiger partial charge is 0.0352 e. The summed E-state index contributed by atoms with van der Waals surface area (Å²) in [7, 11) is 0. The highest BCUT2D eigenvalue weighted by Gasteiger charge is 2.11. The predicted molar refractivity (Wildman–Crippen MR) is 57.7 cm³/mol. The Hall–Kier alpha value is -1.24. The van der Waals surface area contributed by atoms with Crippen LogP contribution in [-0.2, 0) is 6.42 Å². The van der Waals surface area contributed by atoms with Gasteiger partial charge >= 0.3 is 0 Å². The first-order chi connectivity index (χ1) is 6.20. The Bertz CT molecular complexity index is 375. The van der Waals surface area contributed by atoms with E-state index in [1.165, 1.54) is 28.7 Å². The standard InChI is InChI=1S/C12H15N/c1-8-7-12(13)9(2)11-6-4-3-5-10(8)11/h4,6-7H,3,5,13H2,1-2H3. The summed E-state index contributed by atoms with van der Waals surface area (Å²) in [5.74, 6) is 0. The van der Waals surface area contributed by atoms with Gasteiger partial charge in [-0.15, -0.1) is 0 Å².